The van der Waals surface area contributed by atoms with Crippen molar-refractivity contribution in [2.45, 2.75) is 32.6 Å². The SMILES string of the molecule is CC(C)c1cc(C(=O)N2CCCC(COc3ccccc3F)C2)nc(N)n1. The first-order chi connectivity index (χ1) is 12.9. The largest absolute Gasteiger partial charge is 0.490 e. The van der Waals surface area contributed by atoms with Crippen LogP contribution in [0.15, 0.2) is 30.3 Å². The maximum atomic E-state index is 13.7. The zero-order chi connectivity index (χ0) is 19.4. The predicted molar refractivity (Wildman–Crippen MR) is 101 cm³/mol. The lowest BCUT2D eigenvalue weighted by Gasteiger charge is -2.32. The summed E-state index contributed by atoms with van der Waals surface area (Å²) in [6, 6.07) is 8.06. The number of carbonyl (C=O) groups is 1. The number of nitrogen functional groups attached to an aromatic ring is 1. The van der Waals surface area contributed by atoms with E-state index in [1.165, 1.54) is 6.07 Å². The summed E-state index contributed by atoms with van der Waals surface area (Å²) in [5.41, 5.74) is 6.84. The highest BCUT2D eigenvalue weighted by atomic mass is 19.1. The molecular formula is C20H25FN4O2. The molecule has 2 aromatic rings. The molecule has 2 N–H and O–H groups in total. The van der Waals surface area contributed by atoms with E-state index in [2.05, 4.69) is 9.97 Å². The zero-order valence-electron chi connectivity index (χ0n) is 15.7. The standard InChI is InChI=1S/C20H25FN4O2/c1-13(2)16-10-17(24-20(22)23-16)19(26)25-9-5-6-14(11-25)12-27-18-8-4-3-7-15(18)21/h3-4,7-8,10,13-14H,5-6,9,11-12H2,1-2H3,(H2,22,23,24). The average Bonchev–Trinajstić information content (AvgIpc) is 2.66. The van der Waals surface area contributed by atoms with E-state index in [9.17, 15) is 9.18 Å². The molecule has 0 aliphatic carbocycles. The third-order valence-electron chi connectivity index (χ3n) is 4.69. The number of amides is 1. The third kappa shape index (κ3) is 4.72. The van der Waals surface area contributed by atoms with Crippen molar-refractivity contribution in [2.75, 3.05) is 25.4 Å². The Balaban J connectivity index is 1.65. The highest BCUT2D eigenvalue weighted by Gasteiger charge is 2.26. The van der Waals surface area contributed by atoms with Crippen molar-refractivity contribution in [1.29, 1.82) is 0 Å². The number of aromatic nitrogens is 2. The summed E-state index contributed by atoms with van der Waals surface area (Å²) in [4.78, 5) is 23.0. The molecule has 1 fully saturated rings. The highest BCUT2D eigenvalue weighted by Crippen LogP contribution is 2.22. The summed E-state index contributed by atoms with van der Waals surface area (Å²) >= 11 is 0. The first-order valence-corrected chi connectivity index (χ1v) is 9.25. The smallest absolute Gasteiger partial charge is 0.272 e. The van der Waals surface area contributed by atoms with E-state index in [0.29, 0.717) is 25.4 Å². The number of halogens is 1. The number of nitrogens with two attached hydrogens (primary N) is 1. The second-order valence-corrected chi connectivity index (χ2v) is 7.19. The van der Waals surface area contributed by atoms with Gasteiger partial charge in [-0.3, -0.25) is 4.79 Å². The van der Waals surface area contributed by atoms with E-state index in [0.717, 1.165) is 18.5 Å². The Morgan fingerprint density at radius 3 is 2.89 bits per heavy atom. The molecule has 1 unspecified atom stereocenters. The minimum Gasteiger partial charge on any atom is -0.490 e. The molecule has 0 bridgehead atoms. The van der Waals surface area contributed by atoms with Gasteiger partial charge in [-0.15, -0.1) is 0 Å². The van der Waals surface area contributed by atoms with Crippen LogP contribution in [0.1, 0.15) is 48.8 Å². The van der Waals surface area contributed by atoms with Crippen LogP contribution in [0.4, 0.5) is 10.3 Å². The monoisotopic (exact) mass is 372 g/mol. The lowest BCUT2D eigenvalue weighted by Crippen LogP contribution is -2.42. The van der Waals surface area contributed by atoms with Crippen molar-refractivity contribution < 1.29 is 13.9 Å². The summed E-state index contributed by atoms with van der Waals surface area (Å²) in [5, 5.41) is 0. The average molecular weight is 372 g/mol. The van der Waals surface area contributed by atoms with Crippen molar-refractivity contribution >= 4 is 11.9 Å². The number of anilines is 1. The summed E-state index contributed by atoms with van der Waals surface area (Å²) in [6.45, 7) is 5.57. The van der Waals surface area contributed by atoms with Gasteiger partial charge in [0.2, 0.25) is 5.95 Å². The molecule has 6 nitrogen and oxygen atoms in total. The molecule has 1 aliphatic rings. The summed E-state index contributed by atoms with van der Waals surface area (Å²) in [7, 11) is 0. The number of nitrogens with zero attached hydrogens (tertiary/aromatic N) is 3. The second kappa shape index (κ2) is 8.33. The van der Waals surface area contributed by atoms with E-state index in [1.807, 2.05) is 13.8 Å². The van der Waals surface area contributed by atoms with Crippen LogP contribution in [-0.4, -0.2) is 40.5 Å². The van der Waals surface area contributed by atoms with Crippen LogP contribution in [0.25, 0.3) is 0 Å². The Morgan fingerprint density at radius 1 is 1.37 bits per heavy atom. The lowest BCUT2D eigenvalue weighted by molar-refractivity contribution is 0.0625. The lowest BCUT2D eigenvalue weighted by atomic mass is 9.98. The van der Waals surface area contributed by atoms with Gasteiger partial charge >= 0.3 is 0 Å². The van der Waals surface area contributed by atoms with Crippen LogP contribution < -0.4 is 10.5 Å². The Kier molecular flexibility index (Phi) is 5.88. The van der Waals surface area contributed by atoms with Crippen LogP contribution >= 0.6 is 0 Å². The van der Waals surface area contributed by atoms with Gasteiger partial charge in [-0.1, -0.05) is 26.0 Å². The van der Waals surface area contributed by atoms with Gasteiger partial charge in [0.25, 0.3) is 5.91 Å². The molecule has 0 spiro atoms. The van der Waals surface area contributed by atoms with Crippen LogP contribution in [0.3, 0.4) is 0 Å². The molecule has 1 amide bonds. The number of hydrogen-bond acceptors (Lipinski definition) is 5. The fourth-order valence-corrected chi connectivity index (χ4v) is 3.21. The molecule has 3 rings (SSSR count). The quantitative estimate of drug-likeness (QED) is 0.871. The number of carbonyl (C=O) groups excluding carboxylic acids is 1. The van der Waals surface area contributed by atoms with E-state index in [1.54, 1.807) is 29.2 Å². The van der Waals surface area contributed by atoms with E-state index in [-0.39, 0.29) is 35.3 Å². The number of piperidine rings is 1. The van der Waals surface area contributed by atoms with Crippen molar-refractivity contribution in [3.05, 3.63) is 47.5 Å². The molecule has 1 aromatic heterocycles. The Bertz CT molecular complexity index is 812. The van der Waals surface area contributed by atoms with Crippen LogP contribution in [-0.2, 0) is 0 Å². The number of likely N-dealkylation sites (tertiary alicyclic amines) is 1. The number of benzene rings is 1. The van der Waals surface area contributed by atoms with Gasteiger partial charge in [-0.25, -0.2) is 14.4 Å². The van der Waals surface area contributed by atoms with Gasteiger partial charge in [0.1, 0.15) is 5.69 Å². The Hall–Kier alpha value is -2.70. The molecular weight excluding hydrogens is 347 g/mol. The van der Waals surface area contributed by atoms with Crippen LogP contribution in [0.5, 0.6) is 5.75 Å². The van der Waals surface area contributed by atoms with Gasteiger partial charge in [-0.05, 0) is 37.0 Å². The van der Waals surface area contributed by atoms with Crippen molar-refractivity contribution in [3.8, 4) is 5.75 Å². The fraction of sp³-hybridized carbons (Fsp3) is 0.450. The third-order valence-corrected chi connectivity index (χ3v) is 4.69. The van der Waals surface area contributed by atoms with Gasteiger partial charge < -0.3 is 15.4 Å². The van der Waals surface area contributed by atoms with E-state index < -0.39 is 0 Å². The van der Waals surface area contributed by atoms with Gasteiger partial charge in [-0.2, -0.15) is 0 Å². The molecule has 27 heavy (non-hydrogen) atoms. The van der Waals surface area contributed by atoms with Gasteiger partial charge in [0, 0.05) is 24.7 Å². The molecule has 1 aromatic carbocycles. The molecule has 1 saturated heterocycles. The molecule has 1 atom stereocenters. The number of hydrogen-bond donors (Lipinski definition) is 1. The van der Waals surface area contributed by atoms with Gasteiger partial charge in [0.15, 0.2) is 11.6 Å². The first-order valence-electron chi connectivity index (χ1n) is 9.25. The zero-order valence-corrected chi connectivity index (χ0v) is 15.7. The number of ether oxygens (including phenoxy) is 1. The molecule has 7 heteroatoms. The second-order valence-electron chi connectivity index (χ2n) is 7.19. The summed E-state index contributed by atoms with van der Waals surface area (Å²) in [6.07, 6.45) is 1.80. The number of para-hydroxylation sites is 1. The van der Waals surface area contributed by atoms with E-state index in [4.69, 9.17) is 10.5 Å². The molecule has 1 aliphatic heterocycles. The van der Waals surface area contributed by atoms with Crippen molar-refractivity contribution in [2.24, 2.45) is 5.92 Å². The van der Waals surface area contributed by atoms with E-state index >= 15 is 0 Å². The molecule has 144 valence electrons. The van der Waals surface area contributed by atoms with Crippen LogP contribution in [0, 0.1) is 11.7 Å². The van der Waals surface area contributed by atoms with Crippen molar-refractivity contribution in [3.63, 3.8) is 0 Å². The number of rotatable bonds is 5. The van der Waals surface area contributed by atoms with Crippen molar-refractivity contribution in [1.82, 2.24) is 14.9 Å². The topological polar surface area (TPSA) is 81.3 Å². The Labute approximate surface area is 158 Å². The minimum absolute atomic E-state index is 0.112. The minimum atomic E-state index is -0.376. The fourth-order valence-electron chi connectivity index (χ4n) is 3.21. The normalized spacial score (nSPS) is 17.2. The molecule has 0 saturated carbocycles. The van der Waals surface area contributed by atoms with Crippen LogP contribution in [0.2, 0.25) is 0 Å². The van der Waals surface area contributed by atoms with Gasteiger partial charge in [0.05, 0.1) is 6.61 Å². The molecule has 0 radical (unpaired) electrons. The summed E-state index contributed by atoms with van der Waals surface area (Å²) in [5.74, 6) is 0.129. The Morgan fingerprint density at radius 2 is 2.15 bits per heavy atom. The predicted octanol–water partition coefficient (Wildman–Crippen LogP) is 3.25. The summed E-state index contributed by atoms with van der Waals surface area (Å²) < 4.78 is 19.3. The maximum Gasteiger partial charge on any atom is 0.272 e. The maximum absolute atomic E-state index is 13.7. The molecule has 2 heterocycles. The first kappa shape index (κ1) is 19.1. The highest BCUT2D eigenvalue weighted by molar-refractivity contribution is 5.92.